The van der Waals surface area contributed by atoms with E-state index in [1.807, 2.05) is 17.0 Å². The van der Waals surface area contributed by atoms with Gasteiger partial charge in [-0.2, -0.15) is 0 Å². The number of amides is 1. The summed E-state index contributed by atoms with van der Waals surface area (Å²) in [5, 5.41) is 16.5. The molecule has 1 saturated heterocycles. The summed E-state index contributed by atoms with van der Waals surface area (Å²) in [6.07, 6.45) is 6.05. The van der Waals surface area contributed by atoms with Crippen LogP contribution in [0.3, 0.4) is 0 Å². The minimum atomic E-state index is -0.776. The van der Waals surface area contributed by atoms with Crippen LogP contribution in [0.1, 0.15) is 36.0 Å². The number of rotatable bonds is 5. The lowest BCUT2D eigenvalue weighted by Crippen LogP contribution is -2.40. The maximum absolute atomic E-state index is 12.7. The van der Waals surface area contributed by atoms with Crippen LogP contribution in [0.4, 0.5) is 0 Å². The van der Waals surface area contributed by atoms with E-state index in [9.17, 15) is 9.59 Å². The van der Waals surface area contributed by atoms with Crippen molar-refractivity contribution in [3.05, 3.63) is 42.2 Å². The lowest BCUT2D eigenvalue weighted by atomic mass is 9.93. The van der Waals surface area contributed by atoms with Crippen LogP contribution in [0, 0.1) is 5.92 Å². The van der Waals surface area contributed by atoms with Crippen LogP contribution in [-0.2, 0) is 4.79 Å². The molecule has 1 aliphatic rings. The van der Waals surface area contributed by atoms with Crippen molar-refractivity contribution in [2.45, 2.75) is 25.7 Å². The highest BCUT2D eigenvalue weighted by molar-refractivity contribution is 5.94. The largest absolute Gasteiger partial charge is 0.481 e. The van der Waals surface area contributed by atoms with Gasteiger partial charge in [0.25, 0.3) is 5.91 Å². The standard InChI is InChI=1S/C17H20N4O3/c22-16(23)8-3-13-2-1-10-20(12-13)17(24)14-4-6-15(7-5-14)21-11-9-18-19-21/h4-7,9,11,13H,1-3,8,10,12H2,(H,22,23)/t13-/m1/s1. The van der Waals surface area contributed by atoms with E-state index in [-0.39, 0.29) is 18.2 Å². The number of likely N-dealkylation sites (tertiary alicyclic amines) is 1. The highest BCUT2D eigenvalue weighted by atomic mass is 16.4. The fourth-order valence-electron chi connectivity index (χ4n) is 3.10. The van der Waals surface area contributed by atoms with E-state index in [0.29, 0.717) is 18.5 Å². The summed E-state index contributed by atoms with van der Waals surface area (Å²) >= 11 is 0. The molecule has 1 amide bonds. The van der Waals surface area contributed by atoms with Gasteiger partial charge in [0.05, 0.1) is 18.1 Å². The number of carbonyl (C=O) groups excluding carboxylic acids is 1. The second-order valence-corrected chi connectivity index (χ2v) is 6.09. The minimum absolute atomic E-state index is 0.000153. The number of hydrogen-bond acceptors (Lipinski definition) is 4. The van der Waals surface area contributed by atoms with E-state index in [2.05, 4.69) is 10.3 Å². The zero-order valence-corrected chi connectivity index (χ0v) is 13.3. The van der Waals surface area contributed by atoms with Gasteiger partial charge in [-0.3, -0.25) is 9.59 Å². The van der Waals surface area contributed by atoms with Crippen molar-refractivity contribution in [2.24, 2.45) is 5.92 Å². The van der Waals surface area contributed by atoms with Gasteiger partial charge in [0.15, 0.2) is 0 Å². The first-order chi connectivity index (χ1) is 11.6. The molecule has 0 spiro atoms. The first-order valence-electron chi connectivity index (χ1n) is 8.11. The minimum Gasteiger partial charge on any atom is -0.481 e. The van der Waals surface area contributed by atoms with E-state index in [0.717, 1.165) is 25.1 Å². The van der Waals surface area contributed by atoms with E-state index < -0.39 is 5.97 Å². The molecule has 3 rings (SSSR count). The predicted molar refractivity (Wildman–Crippen MR) is 86.9 cm³/mol. The molecule has 1 aromatic heterocycles. The Balaban J connectivity index is 1.64. The number of aromatic nitrogens is 3. The molecule has 0 radical (unpaired) electrons. The van der Waals surface area contributed by atoms with E-state index >= 15 is 0 Å². The third-order valence-electron chi connectivity index (χ3n) is 4.37. The third kappa shape index (κ3) is 3.79. The van der Waals surface area contributed by atoms with Crippen LogP contribution >= 0.6 is 0 Å². The normalized spacial score (nSPS) is 17.7. The van der Waals surface area contributed by atoms with E-state index in [1.165, 1.54) is 0 Å². The average molecular weight is 328 g/mol. The van der Waals surface area contributed by atoms with Crippen molar-refractivity contribution in [1.82, 2.24) is 19.9 Å². The molecule has 126 valence electrons. The molecule has 0 unspecified atom stereocenters. The zero-order chi connectivity index (χ0) is 16.9. The Morgan fingerprint density at radius 2 is 2.04 bits per heavy atom. The summed E-state index contributed by atoms with van der Waals surface area (Å²) in [5.41, 5.74) is 1.49. The Morgan fingerprint density at radius 1 is 1.25 bits per heavy atom. The number of carboxylic acid groups (broad SMARTS) is 1. The summed E-state index contributed by atoms with van der Waals surface area (Å²) in [7, 11) is 0. The maximum Gasteiger partial charge on any atom is 0.303 e. The second kappa shape index (κ2) is 7.25. The maximum atomic E-state index is 12.7. The fourth-order valence-corrected chi connectivity index (χ4v) is 3.10. The van der Waals surface area contributed by atoms with Crippen molar-refractivity contribution < 1.29 is 14.7 Å². The quantitative estimate of drug-likeness (QED) is 0.906. The number of nitrogens with zero attached hydrogens (tertiary/aromatic N) is 4. The Kier molecular flexibility index (Phi) is 4.88. The average Bonchev–Trinajstić information content (AvgIpc) is 3.14. The first-order valence-corrected chi connectivity index (χ1v) is 8.11. The molecule has 0 bridgehead atoms. The third-order valence-corrected chi connectivity index (χ3v) is 4.37. The van der Waals surface area contributed by atoms with Gasteiger partial charge < -0.3 is 10.0 Å². The fraction of sp³-hybridized carbons (Fsp3) is 0.412. The van der Waals surface area contributed by atoms with Crippen LogP contribution < -0.4 is 0 Å². The number of benzene rings is 1. The van der Waals surface area contributed by atoms with Crippen LogP contribution in [0.25, 0.3) is 5.69 Å². The molecule has 2 aromatic rings. The zero-order valence-electron chi connectivity index (χ0n) is 13.3. The van der Waals surface area contributed by atoms with Crippen molar-refractivity contribution in [2.75, 3.05) is 13.1 Å². The highest BCUT2D eigenvalue weighted by Crippen LogP contribution is 2.22. The molecule has 7 heteroatoms. The number of hydrogen-bond donors (Lipinski definition) is 1. The predicted octanol–water partition coefficient (Wildman–Crippen LogP) is 1.98. The lowest BCUT2D eigenvalue weighted by molar-refractivity contribution is -0.137. The molecule has 1 aromatic carbocycles. The molecule has 7 nitrogen and oxygen atoms in total. The Labute approximate surface area is 139 Å². The summed E-state index contributed by atoms with van der Waals surface area (Å²) < 4.78 is 1.64. The van der Waals surface area contributed by atoms with E-state index in [1.54, 1.807) is 29.2 Å². The molecule has 1 atom stereocenters. The molecular formula is C17H20N4O3. The lowest BCUT2D eigenvalue weighted by Gasteiger charge is -2.32. The molecule has 1 N–H and O–H groups in total. The smallest absolute Gasteiger partial charge is 0.303 e. The van der Waals surface area contributed by atoms with Gasteiger partial charge in [0, 0.05) is 25.1 Å². The Hall–Kier alpha value is -2.70. The second-order valence-electron chi connectivity index (χ2n) is 6.09. The Bertz CT molecular complexity index is 697. The van der Waals surface area contributed by atoms with Gasteiger partial charge in [-0.05, 0) is 49.4 Å². The van der Waals surface area contributed by atoms with Crippen molar-refractivity contribution in [3.8, 4) is 5.69 Å². The van der Waals surface area contributed by atoms with E-state index in [4.69, 9.17) is 5.11 Å². The number of carbonyl (C=O) groups is 2. The van der Waals surface area contributed by atoms with Gasteiger partial charge in [-0.1, -0.05) is 5.21 Å². The number of piperidine rings is 1. The van der Waals surface area contributed by atoms with Crippen LogP contribution in [0.5, 0.6) is 0 Å². The summed E-state index contributed by atoms with van der Waals surface area (Å²) in [4.78, 5) is 25.2. The topological polar surface area (TPSA) is 88.3 Å². The molecule has 1 aliphatic heterocycles. The summed E-state index contributed by atoms with van der Waals surface area (Å²) in [6.45, 7) is 1.37. The van der Waals surface area contributed by atoms with Gasteiger partial charge in [-0.25, -0.2) is 4.68 Å². The van der Waals surface area contributed by atoms with Crippen molar-refractivity contribution >= 4 is 11.9 Å². The summed E-state index contributed by atoms with van der Waals surface area (Å²) in [5.74, 6) is -0.504. The van der Waals surface area contributed by atoms with Gasteiger partial charge >= 0.3 is 5.97 Å². The molecular weight excluding hydrogens is 308 g/mol. The monoisotopic (exact) mass is 328 g/mol. The Morgan fingerprint density at radius 3 is 2.71 bits per heavy atom. The number of aliphatic carboxylic acids is 1. The number of carboxylic acids is 1. The van der Waals surface area contributed by atoms with Crippen molar-refractivity contribution in [1.29, 1.82) is 0 Å². The molecule has 2 heterocycles. The summed E-state index contributed by atoms with van der Waals surface area (Å²) in [6, 6.07) is 7.27. The van der Waals surface area contributed by atoms with Gasteiger partial charge in [0.2, 0.25) is 0 Å². The van der Waals surface area contributed by atoms with Crippen LogP contribution in [0.2, 0.25) is 0 Å². The molecule has 0 aliphatic carbocycles. The van der Waals surface area contributed by atoms with Gasteiger partial charge in [0.1, 0.15) is 0 Å². The molecule has 24 heavy (non-hydrogen) atoms. The molecule has 0 saturated carbocycles. The highest BCUT2D eigenvalue weighted by Gasteiger charge is 2.24. The SMILES string of the molecule is O=C(O)CC[C@H]1CCCN(C(=O)c2ccc(-n3ccnn3)cc2)C1. The molecule has 1 fully saturated rings. The van der Waals surface area contributed by atoms with Crippen LogP contribution in [0.15, 0.2) is 36.7 Å². The van der Waals surface area contributed by atoms with Gasteiger partial charge in [-0.15, -0.1) is 5.10 Å². The first kappa shape index (κ1) is 16.2. The van der Waals surface area contributed by atoms with Crippen LogP contribution in [-0.4, -0.2) is 50.0 Å². The van der Waals surface area contributed by atoms with Crippen molar-refractivity contribution in [3.63, 3.8) is 0 Å².